The second kappa shape index (κ2) is 8.58. The van der Waals surface area contributed by atoms with Crippen LogP contribution in [0.2, 0.25) is 0 Å². The minimum absolute atomic E-state index is 0.117. The van der Waals surface area contributed by atoms with Crippen molar-refractivity contribution in [2.45, 2.75) is 51.2 Å². The van der Waals surface area contributed by atoms with E-state index >= 15 is 0 Å². The third-order valence-electron chi connectivity index (χ3n) is 7.34. The number of ether oxygens (including phenoxy) is 1. The van der Waals surface area contributed by atoms with Crippen molar-refractivity contribution < 1.29 is 9.53 Å². The summed E-state index contributed by atoms with van der Waals surface area (Å²) in [5.74, 6) is 1.90. The summed E-state index contributed by atoms with van der Waals surface area (Å²) in [5.41, 5.74) is 3.92. The molecule has 0 N–H and O–H groups in total. The van der Waals surface area contributed by atoms with E-state index in [4.69, 9.17) is 4.74 Å². The number of likely N-dealkylation sites (tertiary alicyclic amines) is 1. The van der Waals surface area contributed by atoms with Crippen LogP contribution in [0.15, 0.2) is 42.5 Å². The van der Waals surface area contributed by atoms with Gasteiger partial charge in [0.15, 0.2) is 0 Å². The number of likely N-dealkylation sites (N-methyl/N-ethyl adjacent to an activating group) is 1. The summed E-state index contributed by atoms with van der Waals surface area (Å²) < 4.78 is 7.58. The number of amides is 1. The maximum Gasteiger partial charge on any atom is 0.253 e. The van der Waals surface area contributed by atoms with Crippen molar-refractivity contribution in [3.63, 3.8) is 0 Å². The molecule has 1 aromatic heterocycles. The highest BCUT2D eigenvalue weighted by Crippen LogP contribution is 2.29. The van der Waals surface area contributed by atoms with Crippen molar-refractivity contribution >= 4 is 16.9 Å². The fourth-order valence-corrected chi connectivity index (χ4v) is 5.02. The van der Waals surface area contributed by atoms with Gasteiger partial charge in [0, 0.05) is 50.4 Å². The average molecular weight is 433 g/mol. The number of rotatable bonds is 6. The number of imidazole rings is 1. The first kappa shape index (κ1) is 21.0. The molecular formula is C26H32N4O2. The maximum absolute atomic E-state index is 13.1. The predicted octanol–water partition coefficient (Wildman–Crippen LogP) is 4.10. The van der Waals surface area contributed by atoms with E-state index in [0.29, 0.717) is 12.6 Å². The Kier molecular flexibility index (Phi) is 5.64. The molecule has 0 radical (unpaired) electrons. The van der Waals surface area contributed by atoms with E-state index in [1.807, 2.05) is 49.2 Å². The molecule has 2 aliphatic rings. The molecule has 0 bridgehead atoms. The lowest BCUT2D eigenvalue weighted by molar-refractivity contribution is 0.0720. The molecule has 32 heavy (non-hydrogen) atoms. The Bertz CT molecular complexity index is 1120. The van der Waals surface area contributed by atoms with Crippen LogP contribution in [0.4, 0.5) is 0 Å². The Hall–Kier alpha value is -2.86. The van der Waals surface area contributed by atoms with Gasteiger partial charge in [-0.2, -0.15) is 0 Å². The van der Waals surface area contributed by atoms with Crippen LogP contribution in [0.1, 0.15) is 47.4 Å². The van der Waals surface area contributed by atoms with Gasteiger partial charge in [-0.1, -0.05) is 18.6 Å². The van der Waals surface area contributed by atoms with Gasteiger partial charge in [0.05, 0.1) is 18.1 Å². The van der Waals surface area contributed by atoms with Crippen LogP contribution in [-0.4, -0.2) is 64.6 Å². The van der Waals surface area contributed by atoms with E-state index in [-0.39, 0.29) is 5.91 Å². The number of carbonyl (C=O) groups excluding carboxylic acids is 1. The summed E-state index contributed by atoms with van der Waals surface area (Å²) >= 11 is 0. The van der Waals surface area contributed by atoms with Crippen molar-refractivity contribution in [2.75, 3.05) is 27.2 Å². The number of nitrogens with zero attached hydrogens (tertiary/aromatic N) is 4. The Morgan fingerprint density at radius 3 is 2.62 bits per heavy atom. The lowest BCUT2D eigenvalue weighted by Crippen LogP contribution is -2.43. The number of methoxy groups -OCH3 is 1. The van der Waals surface area contributed by atoms with Crippen molar-refractivity contribution in [1.82, 2.24) is 19.4 Å². The summed E-state index contributed by atoms with van der Waals surface area (Å²) in [4.78, 5) is 22.3. The third kappa shape index (κ3) is 3.88. The molecule has 1 atom stereocenters. The molecule has 2 heterocycles. The van der Waals surface area contributed by atoms with Gasteiger partial charge in [0.25, 0.3) is 5.91 Å². The van der Waals surface area contributed by atoms with Gasteiger partial charge in [-0.05, 0) is 56.0 Å². The second-order valence-corrected chi connectivity index (χ2v) is 9.23. The molecule has 0 spiro atoms. The zero-order valence-electron chi connectivity index (χ0n) is 19.3. The van der Waals surface area contributed by atoms with Crippen molar-refractivity contribution in [3.8, 4) is 5.75 Å². The quantitative estimate of drug-likeness (QED) is 0.589. The first-order valence-corrected chi connectivity index (χ1v) is 11.6. The van der Waals surface area contributed by atoms with E-state index in [1.54, 1.807) is 7.11 Å². The van der Waals surface area contributed by atoms with Crippen molar-refractivity contribution in [3.05, 3.63) is 59.4 Å². The molecule has 6 nitrogen and oxygen atoms in total. The van der Waals surface area contributed by atoms with E-state index < -0.39 is 0 Å². The number of aromatic nitrogens is 2. The number of hydrogen-bond donors (Lipinski definition) is 0. The first-order chi connectivity index (χ1) is 15.5. The summed E-state index contributed by atoms with van der Waals surface area (Å²) in [6.07, 6.45) is 5.08. The van der Waals surface area contributed by atoms with Crippen LogP contribution in [0, 0.1) is 6.92 Å². The molecule has 1 saturated carbocycles. The SMILES string of the molecule is COc1ccc2nc(C)n(Cc3ccc(C(=O)N(C)[C@@H]4CCN(C5CCC5)C4)cc3)c2c1. The number of benzene rings is 2. The molecule has 2 aromatic carbocycles. The molecule has 2 fully saturated rings. The van der Waals surface area contributed by atoms with Gasteiger partial charge in [-0.15, -0.1) is 0 Å². The molecule has 3 aromatic rings. The van der Waals surface area contributed by atoms with Crippen LogP contribution < -0.4 is 4.74 Å². The smallest absolute Gasteiger partial charge is 0.253 e. The Morgan fingerprint density at radius 2 is 1.94 bits per heavy atom. The lowest BCUT2D eigenvalue weighted by Gasteiger charge is -2.35. The van der Waals surface area contributed by atoms with Crippen LogP contribution >= 0.6 is 0 Å². The monoisotopic (exact) mass is 432 g/mol. The first-order valence-electron chi connectivity index (χ1n) is 11.6. The van der Waals surface area contributed by atoms with Gasteiger partial charge in [0.1, 0.15) is 11.6 Å². The Morgan fingerprint density at radius 1 is 1.16 bits per heavy atom. The van der Waals surface area contributed by atoms with Gasteiger partial charge >= 0.3 is 0 Å². The van der Waals surface area contributed by atoms with Crippen LogP contribution in [0.3, 0.4) is 0 Å². The highest BCUT2D eigenvalue weighted by Gasteiger charge is 2.34. The summed E-state index contributed by atoms with van der Waals surface area (Å²) in [6.45, 7) is 4.86. The minimum Gasteiger partial charge on any atom is -0.497 e. The average Bonchev–Trinajstić information content (AvgIpc) is 3.36. The highest BCUT2D eigenvalue weighted by molar-refractivity contribution is 5.94. The van der Waals surface area contributed by atoms with E-state index in [0.717, 1.165) is 59.3 Å². The summed E-state index contributed by atoms with van der Waals surface area (Å²) in [6, 6.07) is 15.1. The fraction of sp³-hybridized carbons (Fsp3) is 0.462. The standard InChI is InChI=1S/C26H32N4O2/c1-18-27-24-12-11-23(32-3)15-25(24)30(18)16-19-7-9-20(10-8-19)26(31)28(2)22-13-14-29(17-22)21-5-4-6-21/h7-12,15,21-22H,4-6,13-14,16-17H2,1-3H3/t22-/m1/s1. The Balaban J connectivity index is 1.28. The zero-order valence-corrected chi connectivity index (χ0v) is 19.3. The van der Waals surface area contributed by atoms with Gasteiger partial charge in [-0.25, -0.2) is 4.98 Å². The van der Waals surface area contributed by atoms with Crippen molar-refractivity contribution in [2.24, 2.45) is 0 Å². The number of fused-ring (bicyclic) bond motifs is 1. The molecule has 168 valence electrons. The number of hydrogen-bond acceptors (Lipinski definition) is 4. The molecule has 5 rings (SSSR count). The topological polar surface area (TPSA) is 50.6 Å². The highest BCUT2D eigenvalue weighted by atomic mass is 16.5. The molecule has 1 aliphatic carbocycles. The van der Waals surface area contributed by atoms with E-state index in [1.165, 1.54) is 19.3 Å². The summed E-state index contributed by atoms with van der Waals surface area (Å²) in [5, 5.41) is 0. The third-order valence-corrected chi connectivity index (χ3v) is 7.34. The predicted molar refractivity (Wildman–Crippen MR) is 126 cm³/mol. The number of aryl methyl sites for hydroxylation is 1. The largest absolute Gasteiger partial charge is 0.497 e. The van der Waals surface area contributed by atoms with Crippen LogP contribution in [0.5, 0.6) is 5.75 Å². The second-order valence-electron chi connectivity index (χ2n) is 9.23. The zero-order chi connectivity index (χ0) is 22.2. The molecule has 1 amide bonds. The summed E-state index contributed by atoms with van der Waals surface area (Å²) in [7, 11) is 3.64. The number of carbonyl (C=O) groups is 1. The van der Waals surface area contributed by atoms with E-state index in [2.05, 4.69) is 26.6 Å². The van der Waals surface area contributed by atoms with Gasteiger partial charge < -0.3 is 14.2 Å². The van der Waals surface area contributed by atoms with Crippen LogP contribution in [0.25, 0.3) is 11.0 Å². The fourth-order valence-electron chi connectivity index (χ4n) is 5.02. The van der Waals surface area contributed by atoms with Gasteiger partial charge in [-0.3, -0.25) is 9.69 Å². The molecule has 1 saturated heterocycles. The van der Waals surface area contributed by atoms with E-state index in [9.17, 15) is 4.79 Å². The molecular weight excluding hydrogens is 400 g/mol. The van der Waals surface area contributed by atoms with Gasteiger partial charge in [0.2, 0.25) is 0 Å². The molecule has 6 heteroatoms. The Labute approximate surface area is 189 Å². The van der Waals surface area contributed by atoms with Crippen molar-refractivity contribution in [1.29, 1.82) is 0 Å². The molecule has 1 aliphatic heterocycles. The normalized spacial score (nSPS) is 19.3. The van der Waals surface area contributed by atoms with Crippen LogP contribution in [-0.2, 0) is 6.54 Å². The maximum atomic E-state index is 13.1. The lowest BCUT2D eigenvalue weighted by atomic mass is 9.92. The minimum atomic E-state index is 0.117. The molecule has 0 unspecified atom stereocenters.